The molecule has 0 aliphatic carbocycles. The number of ether oxygens (including phenoxy) is 5. The number of carbonyl (C=O) groups is 4. The smallest absolute Gasteiger partial charge is 0.335 e. The van der Waals surface area contributed by atoms with Gasteiger partial charge < -0.3 is 39.0 Å². The maximum absolute atomic E-state index is 13.1. The van der Waals surface area contributed by atoms with Crippen LogP contribution in [0.15, 0.2) is 170 Å². The van der Waals surface area contributed by atoms with Crippen LogP contribution in [0.4, 0.5) is 0 Å². The van der Waals surface area contributed by atoms with E-state index < -0.39 is 67.3 Å². The Morgan fingerprint density at radius 3 is 1.15 bits per heavy atom. The highest BCUT2D eigenvalue weighted by Gasteiger charge is 2.50. The van der Waals surface area contributed by atoms with E-state index >= 15 is 0 Å². The molecule has 0 aromatic rings. The number of unbranched alkanes of at least 4 members (excludes halogenated alkanes) is 4. The van der Waals surface area contributed by atoms with Gasteiger partial charge in [0.25, 0.3) is 0 Å². The highest BCUT2D eigenvalue weighted by Crippen LogP contribution is 2.26. The fraction of sp³-hybridized carbons (Fsp3) is 0.522. The molecule has 0 saturated carbocycles. The van der Waals surface area contributed by atoms with Crippen LogP contribution >= 0.6 is 0 Å². The Kier molecular flexibility index (Phi) is 47.5. The molecular formula is C67H98O12. The molecule has 12 heteroatoms. The molecule has 1 fully saturated rings. The zero-order valence-electron chi connectivity index (χ0n) is 48.0. The lowest BCUT2D eigenvalue weighted by atomic mass is 9.98. The third-order valence-corrected chi connectivity index (χ3v) is 11.8. The summed E-state index contributed by atoms with van der Waals surface area (Å²) in [7, 11) is 0. The number of aliphatic hydroxyl groups excluding tert-OH is 2. The number of aliphatic carboxylic acids is 1. The number of rotatable bonds is 46. The van der Waals surface area contributed by atoms with Crippen LogP contribution in [0, 0.1) is 0 Å². The number of carboxylic acid groups (broad SMARTS) is 1. The van der Waals surface area contributed by atoms with Crippen molar-refractivity contribution >= 4 is 23.9 Å². The van der Waals surface area contributed by atoms with Crippen LogP contribution in [0.3, 0.4) is 0 Å². The summed E-state index contributed by atoms with van der Waals surface area (Å²) >= 11 is 0. The third-order valence-electron chi connectivity index (χ3n) is 11.8. The quantitative estimate of drug-likeness (QED) is 0.0228. The number of esters is 3. The summed E-state index contributed by atoms with van der Waals surface area (Å²) in [5, 5.41) is 31.5. The summed E-state index contributed by atoms with van der Waals surface area (Å²) in [4.78, 5) is 51.1. The topological polar surface area (TPSA) is 175 Å². The van der Waals surface area contributed by atoms with Gasteiger partial charge >= 0.3 is 23.9 Å². The molecule has 1 heterocycles. The van der Waals surface area contributed by atoms with Crippen molar-refractivity contribution in [2.24, 2.45) is 0 Å². The van der Waals surface area contributed by atoms with Gasteiger partial charge in [0, 0.05) is 19.3 Å². The molecule has 0 radical (unpaired) electrons. The molecule has 0 aromatic carbocycles. The van der Waals surface area contributed by atoms with Crippen molar-refractivity contribution in [1.29, 1.82) is 0 Å². The molecule has 1 aliphatic heterocycles. The van der Waals surface area contributed by atoms with Gasteiger partial charge in [-0.2, -0.15) is 0 Å². The van der Waals surface area contributed by atoms with Crippen LogP contribution in [-0.2, 0) is 42.9 Å². The Hall–Kier alpha value is -5.92. The number of carbonyl (C=O) groups excluding carboxylic acids is 3. The minimum Gasteiger partial charge on any atom is -0.479 e. The summed E-state index contributed by atoms with van der Waals surface area (Å²) in [6.45, 7) is 5.52. The minimum absolute atomic E-state index is 0.0815. The van der Waals surface area contributed by atoms with E-state index in [4.69, 9.17) is 23.7 Å². The summed E-state index contributed by atoms with van der Waals surface area (Å²) in [6.07, 6.45) is 66.3. The molecule has 3 N–H and O–H groups in total. The SMILES string of the molecule is CC/C=C\C/C=C\C/C=C\C/C=C\C/C=C\C/C=C\CCC(=O)OC1C(OCC(COC(=O)CCCC/C=C\C/C=C\C/C=C\C/C=C\CC)OC(=O)CCCC/C=C\C/C=C\C/C=C\C/C=C\CC)OC(C(=O)O)C(O)C1O. The van der Waals surface area contributed by atoms with Crippen molar-refractivity contribution in [3.05, 3.63) is 170 Å². The van der Waals surface area contributed by atoms with E-state index in [1.54, 1.807) is 0 Å². The fourth-order valence-electron chi connectivity index (χ4n) is 7.43. The maximum Gasteiger partial charge on any atom is 0.335 e. The lowest BCUT2D eigenvalue weighted by Gasteiger charge is -2.40. The van der Waals surface area contributed by atoms with Crippen molar-refractivity contribution in [3.63, 3.8) is 0 Å². The predicted molar refractivity (Wildman–Crippen MR) is 321 cm³/mol. The molecule has 1 rings (SSSR count). The molecule has 0 aromatic heterocycles. The van der Waals surface area contributed by atoms with Gasteiger partial charge in [0.2, 0.25) is 0 Å². The van der Waals surface area contributed by atoms with Gasteiger partial charge in [-0.1, -0.05) is 191 Å². The second-order valence-corrected chi connectivity index (χ2v) is 18.8. The fourth-order valence-corrected chi connectivity index (χ4v) is 7.43. The van der Waals surface area contributed by atoms with Gasteiger partial charge in [0.1, 0.15) is 18.8 Å². The van der Waals surface area contributed by atoms with E-state index in [2.05, 4.69) is 173 Å². The Bertz CT molecular complexity index is 2020. The van der Waals surface area contributed by atoms with Crippen molar-refractivity contribution < 1.29 is 58.2 Å². The van der Waals surface area contributed by atoms with E-state index in [9.17, 15) is 34.5 Å². The Labute approximate surface area is 475 Å². The molecule has 6 atom stereocenters. The third kappa shape index (κ3) is 42.7. The van der Waals surface area contributed by atoms with Crippen LogP contribution in [0.25, 0.3) is 0 Å². The first-order valence-corrected chi connectivity index (χ1v) is 29.1. The van der Waals surface area contributed by atoms with Gasteiger partial charge in [0.15, 0.2) is 24.6 Å². The minimum atomic E-state index is -1.95. The zero-order chi connectivity index (χ0) is 57.5. The first-order valence-electron chi connectivity index (χ1n) is 29.1. The molecule has 0 spiro atoms. The van der Waals surface area contributed by atoms with Gasteiger partial charge in [-0.25, -0.2) is 4.79 Å². The van der Waals surface area contributed by atoms with Crippen molar-refractivity contribution in [2.75, 3.05) is 13.2 Å². The lowest BCUT2D eigenvalue weighted by Crippen LogP contribution is -2.61. The van der Waals surface area contributed by atoms with Gasteiger partial charge in [-0.15, -0.1) is 0 Å². The molecule has 12 nitrogen and oxygen atoms in total. The highest BCUT2D eigenvalue weighted by atomic mass is 16.7. The van der Waals surface area contributed by atoms with Crippen LogP contribution in [0.1, 0.15) is 175 Å². The van der Waals surface area contributed by atoms with Gasteiger partial charge in [0.05, 0.1) is 6.61 Å². The summed E-state index contributed by atoms with van der Waals surface area (Å²) < 4.78 is 28.2. The van der Waals surface area contributed by atoms with Gasteiger partial charge in [-0.05, 0) is 135 Å². The second kappa shape index (κ2) is 52.8. The maximum atomic E-state index is 13.1. The van der Waals surface area contributed by atoms with Crippen LogP contribution in [0.5, 0.6) is 0 Å². The van der Waals surface area contributed by atoms with Crippen LogP contribution in [0.2, 0.25) is 0 Å². The molecule has 0 bridgehead atoms. The first kappa shape index (κ1) is 71.1. The van der Waals surface area contributed by atoms with Gasteiger partial charge in [-0.3, -0.25) is 14.4 Å². The highest BCUT2D eigenvalue weighted by molar-refractivity contribution is 5.74. The van der Waals surface area contributed by atoms with E-state index in [1.165, 1.54) is 0 Å². The molecular weight excluding hydrogens is 997 g/mol. The normalized spacial score (nSPS) is 19.1. The summed E-state index contributed by atoms with van der Waals surface area (Å²) in [5.74, 6) is -3.38. The monoisotopic (exact) mass is 1090 g/mol. The molecule has 79 heavy (non-hydrogen) atoms. The van der Waals surface area contributed by atoms with Crippen molar-refractivity contribution in [2.45, 2.75) is 212 Å². The van der Waals surface area contributed by atoms with Crippen molar-refractivity contribution in [3.8, 4) is 0 Å². The number of allylic oxidation sites excluding steroid dienone is 28. The predicted octanol–water partition coefficient (Wildman–Crippen LogP) is 15.1. The standard InChI is InChI=1S/C67H98O12/c1-4-7-10-13-16-19-22-25-28-29-30-31-34-37-40-43-46-49-52-55-61(70)78-65-63(72)62(71)64(66(73)74)79-67(65)76-57-58(77-60(69)54-51-48-45-42-39-36-33-27-24-21-18-15-12-9-6-3)56-75-59(68)53-50-47-44-41-38-35-32-26-23-20-17-14-11-8-5-2/h7-12,16-21,25-28,30-33,37-42,46,49,58,62-65,67,71-72H,4-6,13-15,22-24,29,34-36,43-45,47-48,50-57H2,1-3H3,(H,73,74)/b10-7-,11-8-,12-9-,19-16-,20-17-,21-18-,28-25-,31-30-,32-26-,33-27-,40-37-,41-38-,42-39-,49-46-. The molecule has 0 amide bonds. The van der Waals surface area contributed by atoms with E-state index in [0.717, 1.165) is 109 Å². The molecule has 1 aliphatic rings. The second-order valence-electron chi connectivity index (χ2n) is 18.8. The summed E-state index contributed by atoms with van der Waals surface area (Å²) in [5.41, 5.74) is 0. The Balaban J connectivity index is 2.81. The number of hydrogen-bond acceptors (Lipinski definition) is 11. The summed E-state index contributed by atoms with van der Waals surface area (Å²) in [6, 6.07) is 0. The number of aliphatic hydroxyl groups is 2. The molecule has 1 saturated heterocycles. The van der Waals surface area contributed by atoms with Crippen LogP contribution in [-0.4, -0.2) is 89.2 Å². The number of hydrogen-bond donors (Lipinski definition) is 3. The largest absolute Gasteiger partial charge is 0.479 e. The molecule has 6 unspecified atom stereocenters. The molecule has 438 valence electrons. The Morgan fingerprint density at radius 2 is 0.772 bits per heavy atom. The Morgan fingerprint density at radius 1 is 0.418 bits per heavy atom. The van der Waals surface area contributed by atoms with E-state index in [1.807, 2.05) is 18.2 Å². The van der Waals surface area contributed by atoms with Crippen molar-refractivity contribution in [1.82, 2.24) is 0 Å². The number of carboxylic acids is 1. The average molecular weight is 1100 g/mol. The van der Waals surface area contributed by atoms with E-state index in [0.29, 0.717) is 25.7 Å². The average Bonchev–Trinajstić information content (AvgIpc) is 3.44. The first-order chi connectivity index (χ1) is 38.6. The van der Waals surface area contributed by atoms with Crippen LogP contribution < -0.4 is 0 Å². The van der Waals surface area contributed by atoms with E-state index in [-0.39, 0.29) is 25.9 Å². The lowest BCUT2D eigenvalue weighted by molar-refractivity contribution is -0.301. The zero-order valence-corrected chi connectivity index (χ0v) is 48.0.